The molecule has 0 radical (unpaired) electrons. The molecule has 0 aliphatic carbocycles. The maximum absolute atomic E-state index is 13.2. The van der Waals surface area contributed by atoms with Crippen molar-refractivity contribution in [3.63, 3.8) is 0 Å². The van der Waals surface area contributed by atoms with E-state index in [1.54, 1.807) is 11.6 Å². The van der Waals surface area contributed by atoms with Crippen molar-refractivity contribution in [3.8, 4) is 5.69 Å². The molecule has 14 heteroatoms. The van der Waals surface area contributed by atoms with Crippen LogP contribution in [-0.2, 0) is 21.0 Å². The first-order valence-corrected chi connectivity index (χ1v) is 12.4. The Hall–Kier alpha value is -3.09. The van der Waals surface area contributed by atoms with E-state index in [-0.39, 0.29) is 10.8 Å². The van der Waals surface area contributed by atoms with Gasteiger partial charge in [-0.15, -0.1) is 0 Å². The zero-order valence-corrected chi connectivity index (χ0v) is 20.5. The molecular weight excluding hydrogens is 530 g/mol. The van der Waals surface area contributed by atoms with Gasteiger partial charge in [0.1, 0.15) is 6.54 Å². The number of sulfonamides is 1. The standard InChI is InChI=1S/C21H18Cl2F3N5O3S/c1-13-16(20(23)29-31(13)14-6-4-3-5-7-14)11-27-28-19(32)12-30(35(2,33)34)15-8-9-18(22)17(10-15)21(24,25)26/h3-11H,12H2,1-2H3,(H,28,32)/b27-11-. The number of nitrogens with zero attached hydrogens (tertiary/aromatic N) is 4. The average molecular weight is 548 g/mol. The molecule has 3 rings (SSSR count). The lowest BCUT2D eigenvalue weighted by atomic mass is 10.2. The van der Waals surface area contributed by atoms with Crippen LogP contribution < -0.4 is 9.73 Å². The minimum absolute atomic E-state index is 0.114. The topological polar surface area (TPSA) is 96.7 Å². The van der Waals surface area contributed by atoms with Crippen molar-refractivity contribution < 1.29 is 26.4 Å². The van der Waals surface area contributed by atoms with Crippen LogP contribution >= 0.6 is 23.2 Å². The molecule has 1 aromatic heterocycles. The van der Waals surface area contributed by atoms with E-state index in [4.69, 9.17) is 23.2 Å². The Labute approximate surface area is 209 Å². The van der Waals surface area contributed by atoms with Gasteiger partial charge in [-0.3, -0.25) is 9.10 Å². The Morgan fingerprint density at radius 3 is 2.46 bits per heavy atom. The van der Waals surface area contributed by atoms with Crippen LogP contribution in [0.1, 0.15) is 16.8 Å². The monoisotopic (exact) mass is 547 g/mol. The molecule has 35 heavy (non-hydrogen) atoms. The predicted molar refractivity (Wildman–Crippen MR) is 128 cm³/mol. The van der Waals surface area contributed by atoms with Crippen LogP contribution in [0.2, 0.25) is 10.2 Å². The van der Waals surface area contributed by atoms with Gasteiger partial charge in [-0.05, 0) is 37.3 Å². The van der Waals surface area contributed by atoms with Gasteiger partial charge in [0.05, 0.1) is 45.7 Å². The minimum atomic E-state index is -4.82. The van der Waals surface area contributed by atoms with Crippen molar-refractivity contribution >= 4 is 51.0 Å². The molecule has 3 aromatic rings. The lowest BCUT2D eigenvalue weighted by Crippen LogP contribution is -2.39. The zero-order chi connectivity index (χ0) is 26.0. The zero-order valence-electron chi connectivity index (χ0n) is 18.2. The van der Waals surface area contributed by atoms with Crippen LogP contribution in [0, 0.1) is 6.92 Å². The first kappa shape index (κ1) is 26.5. The molecule has 0 spiro atoms. The van der Waals surface area contributed by atoms with Gasteiger partial charge in [0.15, 0.2) is 5.15 Å². The molecule has 0 aliphatic heterocycles. The number of nitrogens with one attached hydrogen (secondary N) is 1. The number of alkyl halides is 3. The average Bonchev–Trinajstić information content (AvgIpc) is 3.05. The number of hydrogen-bond donors (Lipinski definition) is 1. The van der Waals surface area contributed by atoms with Crippen molar-refractivity contribution in [1.29, 1.82) is 0 Å². The predicted octanol–water partition coefficient (Wildman–Crippen LogP) is 4.42. The van der Waals surface area contributed by atoms with E-state index in [1.807, 2.05) is 30.3 Å². The molecule has 0 saturated carbocycles. The first-order chi connectivity index (χ1) is 16.3. The molecule has 0 fully saturated rings. The van der Waals surface area contributed by atoms with Gasteiger partial charge >= 0.3 is 6.18 Å². The molecular formula is C21H18Cl2F3N5O3S. The Kier molecular flexibility index (Phi) is 7.77. The maximum atomic E-state index is 13.2. The van der Waals surface area contributed by atoms with Gasteiger partial charge < -0.3 is 0 Å². The van der Waals surface area contributed by atoms with E-state index in [9.17, 15) is 26.4 Å². The van der Waals surface area contributed by atoms with E-state index in [0.717, 1.165) is 24.1 Å². The molecule has 1 heterocycles. The molecule has 0 aliphatic rings. The Bertz CT molecular complexity index is 1380. The summed E-state index contributed by atoms with van der Waals surface area (Å²) in [6.07, 6.45) is -2.83. The smallest absolute Gasteiger partial charge is 0.271 e. The lowest BCUT2D eigenvalue weighted by molar-refractivity contribution is -0.137. The number of carbonyl (C=O) groups excluding carboxylic acids is 1. The second-order valence-corrected chi connectivity index (χ2v) is 9.93. The van der Waals surface area contributed by atoms with Gasteiger partial charge in [0, 0.05) is 0 Å². The van der Waals surface area contributed by atoms with Gasteiger partial charge in [0.25, 0.3) is 5.91 Å². The quantitative estimate of drug-likeness (QED) is 0.349. The van der Waals surface area contributed by atoms with E-state index >= 15 is 0 Å². The number of aromatic nitrogens is 2. The largest absolute Gasteiger partial charge is 0.417 e. The van der Waals surface area contributed by atoms with Gasteiger partial charge in [-0.2, -0.15) is 23.4 Å². The second-order valence-electron chi connectivity index (χ2n) is 7.26. The molecule has 1 amide bonds. The van der Waals surface area contributed by atoms with E-state index < -0.39 is 39.2 Å². The highest BCUT2D eigenvalue weighted by Crippen LogP contribution is 2.37. The van der Waals surface area contributed by atoms with Crippen LogP contribution in [0.3, 0.4) is 0 Å². The highest BCUT2D eigenvalue weighted by molar-refractivity contribution is 7.92. The Morgan fingerprint density at radius 2 is 1.86 bits per heavy atom. The van der Waals surface area contributed by atoms with Crippen molar-refractivity contribution in [2.75, 3.05) is 17.1 Å². The fourth-order valence-electron chi connectivity index (χ4n) is 3.07. The number of hydrogen-bond acceptors (Lipinski definition) is 5. The number of benzene rings is 2. The Morgan fingerprint density at radius 1 is 1.20 bits per heavy atom. The van der Waals surface area contributed by atoms with Gasteiger partial charge in [-0.1, -0.05) is 41.4 Å². The number of anilines is 1. The summed E-state index contributed by atoms with van der Waals surface area (Å²) in [5.74, 6) is -0.903. The lowest BCUT2D eigenvalue weighted by Gasteiger charge is -2.22. The second kappa shape index (κ2) is 10.3. The summed E-state index contributed by atoms with van der Waals surface area (Å²) in [6, 6.07) is 11.7. The number of hydrazone groups is 1. The summed E-state index contributed by atoms with van der Waals surface area (Å²) in [6.45, 7) is 0.907. The highest BCUT2D eigenvalue weighted by Gasteiger charge is 2.34. The normalized spacial score (nSPS) is 12.2. The first-order valence-electron chi connectivity index (χ1n) is 9.76. The summed E-state index contributed by atoms with van der Waals surface area (Å²) < 4.78 is 66.0. The maximum Gasteiger partial charge on any atom is 0.417 e. The van der Waals surface area contributed by atoms with Gasteiger partial charge in [-0.25, -0.2) is 18.5 Å². The molecule has 0 saturated heterocycles. The molecule has 186 valence electrons. The third-order valence-electron chi connectivity index (χ3n) is 4.73. The van der Waals surface area contributed by atoms with Crippen LogP contribution in [0.4, 0.5) is 18.9 Å². The number of amides is 1. The van der Waals surface area contributed by atoms with Crippen LogP contribution in [0.15, 0.2) is 53.6 Å². The number of rotatable bonds is 7. The van der Waals surface area contributed by atoms with Crippen LogP contribution in [0.25, 0.3) is 5.69 Å². The molecule has 0 unspecified atom stereocenters. The highest BCUT2D eigenvalue weighted by atomic mass is 35.5. The SMILES string of the molecule is Cc1c(/C=N\NC(=O)CN(c2ccc(Cl)c(C(F)(F)F)c2)S(C)(=O)=O)c(Cl)nn1-c1ccccc1. The van der Waals surface area contributed by atoms with Crippen molar-refractivity contribution in [2.24, 2.45) is 5.10 Å². The third kappa shape index (κ3) is 6.32. The minimum Gasteiger partial charge on any atom is -0.271 e. The number of carbonyl (C=O) groups is 1. The van der Waals surface area contributed by atoms with E-state index in [0.29, 0.717) is 21.6 Å². The van der Waals surface area contributed by atoms with Gasteiger partial charge in [0.2, 0.25) is 10.0 Å². The molecule has 1 N–H and O–H groups in total. The molecule has 8 nitrogen and oxygen atoms in total. The Balaban J connectivity index is 1.79. The molecule has 0 atom stereocenters. The summed E-state index contributed by atoms with van der Waals surface area (Å²) in [5, 5.41) is 7.52. The number of halogens is 5. The van der Waals surface area contributed by atoms with Crippen molar-refractivity contribution in [2.45, 2.75) is 13.1 Å². The molecule has 2 aromatic carbocycles. The number of para-hydroxylation sites is 1. The van der Waals surface area contributed by atoms with Crippen molar-refractivity contribution in [3.05, 3.63) is 75.5 Å². The third-order valence-corrected chi connectivity index (χ3v) is 6.48. The summed E-state index contributed by atoms with van der Waals surface area (Å²) >= 11 is 11.8. The van der Waals surface area contributed by atoms with Crippen LogP contribution in [0.5, 0.6) is 0 Å². The molecule has 0 bridgehead atoms. The van der Waals surface area contributed by atoms with E-state index in [1.165, 1.54) is 6.21 Å². The summed E-state index contributed by atoms with van der Waals surface area (Å²) in [5.41, 5.74) is 2.31. The summed E-state index contributed by atoms with van der Waals surface area (Å²) in [4.78, 5) is 12.4. The van der Waals surface area contributed by atoms with E-state index in [2.05, 4.69) is 15.6 Å². The van der Waals surface area contributed by atoms with Crippen LogP contribution in [-0.4, -0.2) is 43.1 Å². The van der Waals surface area contributed by atoms with Crippen molar-refractivity contribution in [1.82, 2.24) is 15.2 Å². The fourth-order valence-corrected chi connectivity index (χ4v) is 4.40. The summed E-state index contributed by atoms with van der Waals surface area (Å²) in [7, 11) is -4.13. The fraction of sp³-hybridized carbons (Fsp3) is 0.190.